The number of quaternary nitrogens is 1. The van der Waals surface area contributed by atoms with Crippen LogP contribution in [0.15, 0.2) is 78.4 Å². The molecule has 0 aliphatic carbocycles. The maximum atomic E-state index is 13.7. The number of likely N-dealkylation sites (tertiary alicyclic amines) is 1. The fourth-order valence-electron chi connectivity index (χ4n) is 4.50. The highest BCUT2D eigenvalue weighted by atomic mass is 16.5. The van der Waals surface area contributed by atoms with Crippen molar-refractivity contribution in [3.63, 3.8) is 0 Å². The average molecular weight is 529 g/mol. The van der Waals surface area contributed by atoms with Crippen LogP contribution in [0.5, 0.6) is 5.75 Å². The summed E-state index contributed by atoms with van der Waals surface area (Å²) in [5.41, 5.74) is 3.26. The highest BCUT2D eigenvalue weighted by Crippen LogP contribution is 2.38. The number of ketones is 1. The van der Waals surface area contributed by atoms with Gasteiger partial charge in [-0.2, -0.15) is 0 Å². The van der Waals surface area contributed by atoms with E-state index in [9.17, 15) is 19.5 Å². The average Bonchev–Trinajstić information content (AvgIpc) is 3.20. The molecular weight excluding hydrogens is 496 g/mol. The van der Waals surface area contributed by atoms with Crippen LogP contribution >= 0.6 is 0 Å². The van der Waals surface area contributed by atoms with Crippen molar-refractivity contribution >= 4 is 23.4 Å². The molecule has 1 aliphatic rings. The Balaban J connectivity index is 1.66. The van der Waals surface area contributed by atoms with E-state index in [0.717, 1.165) is 16.0 Å². The van der Waals surface area contributed by atoms with Gasteiger partial charge in [0.05, 0.1) is 45.9 Å². The van der Waals surface area contributed by atoms with Crippen LogP contribution in [0.4, 0.5) is 0 Å². The molecule has 0 spiro atoms. The van der Waals surface area contributed by atoms with Gasteiger partial charge < -0.3 is 24.4 Å². The lowest BCUT2D eigenvalue weighted by molar-refractivity contribution is -0.857. The molecule has 1 aliphatic heterocycles. The smallest absolute Gasteiger partial charge is 0.337 e. The summed E-state index contributed by atoms with van der Waals surface area (Å²) in [6.45, 7) is 3.28. The second-order valence-corrected chi connectivity index (χ2v) is 9.78. The van der Waals surface area contributed by atoms with Gasteiger partial charge in [-0.05, 0) is 53.4 Å². The van der Waals surface area contributed by atoms with Crippen molar-refractivity contribution < 1.29 is 33.9 Å². The molecule has 1 saturated heterocycles. The molecule has 1 heterocycles. The van der Waals surface area contributed by atoms with Gasteiger partial charge >= 0.3 is 5.97 Å². The molecule has 4 rings (SSSR count). The Hall–Kier alpha value is -4.43. The third kappa shape index (κ3) is 6.02. The second-order valence-electron chi connectivity index (χ2n) is 9.78. The Kier molecular flexibility index (Phi) is 8.46. The number of nitrogens with one attached hydrogen (secondary N) is 1. The monoisotopic (exact) mass is 528 g/mol. The van der Waals surface area contributed by atoms with E-state index in [2.05, 4.69) is 0 Å². The van der Waals surface area contributed by atoms with Crippen LogP contribution in [0.3, 0.4) is 0 Å². The van der Waals surface area contributed by atoms with Crippen LogP contribution in [-0.2, 0) is 20.9 Å². The van der Waals surface area contributed by atoms with Crippen molar-refractivity contribution in [1.82, 2.24) is 4.90 Å². The first-order valence-corrected chi connectivity index (χ1v) is 12.7. The molecule has 0 radical (unpaired) electrons. The summed E-state index contributed by atoms with van der Waals surface area (Å²) in [6.07, 6.45) is 0. The lowest BCUT2D eigenvalue weighted by Gasteiger charge is -2.28. The minimum Gasteiger partial charge on any atom is -0.872 e. The van der Waals surface area contributed by atoms with Gasteiger partial charge in [0.15, 0.2) is 0 Å². The lowest BCUT2D eigenvalue weighted by Crippen LogP contribution is -3.06. The van der Waals surface area contributed by atoms with E-state index >= 15 is 0 Å². The zero-order valence-electron chi connectivity index (χ0n) is 22.5. The first-order valence-electron chi connectivity index (χ1n) is 12.7. The number of methoxy groups -OCH3 is 1. The number of hydrogen-bond donors (Lipinski definition) is 1. The molecule has 1 N–H and O–H groups in total. The number of Topliss-reactive ketones (excluding diaryl/α,β-unsaturated/α-hetero) is 1. The zero-order chi connectivity index (χ0) is 28.1. The number of ether oxygens (including phenoxy) is 2. The molecular formula is C31H32N2O6. The molecule has 8 nitrogen and oxygen atoms in total. The number of amides is 1. The van der Waals surface area contributed by atoms with E-state index in [-0.39, 0.29) is 11.1 Å². The lowest BCUT2D eigenvalue weighted by atomic mass is 9.94. The van der Waals surface area contributed by atoms with Crippen molar-refractivity contribution in [2.24, 2.45) is 0 Å². The number of rotatable bonds is 9. The van der Waals surface area contributed by atoms with Gasteiger partial charge in [-0.25, -0.2) is 4.79 Å². The standard InChI is InChI=1S/C31H32N2O6/c1-20-7-5-6-8-24(20)19-39-25-15-13-22(14-16-25)28(34)26-27(21-9-11-23(12-10-21)31(37)38-4)33(18-17-32(2)3)30(36)29(26)35/h5-16,27,34H,17-19H2,1-4H3. The van der Waals surface area contributed by atoms with Crippen molar-refractivity contribution in [1.29, 1.82) is 0 Å². The van der Waals surface area contributed by atoms with E-state index in [0.29, 0.717) is 36.6 Å². The van der Waals surface area contributed by atoms with Gasteiger partial charge in [-0.15, -0.1) is 0 Å². The molecule has 1 fully saturated rings. The van der Waals surface area contributed by atoms with E-state index < -0.39 is 29.5 Å². The maximum Gasteiger partial charge on any atom is 0.337 e. The second kappa shape index (κ2) is 12.0. The predicted octanol–water partition coefficient (Wildman–Crippen LogP) is 1.73. The minimum atomic E-state index is -0.861. The van der Waals surface area contributed by atoms with Crippen LogP contribution in [-0.4, -0.2) is 56.9 Å². The molecule has 39 heavy (non-hydrogen) atoms. The summed E-state index contributed by atoms with van der Waals surface area (Å²) >= 11 is 0. The third-order valence-electron chi connectivity index (χ3n) is 6.80. The molecule has 3 aromatic carbocycles. The number of benzene rings is 3. The first kappa shape index (κ1) is 27.6. The van der Waals surface area contributed by atoms with E-state index in [1.54, 1.807) is 48.5 Å². The Morgan fingerprint density at radius 1 is 0.949 bits per heavy atom. The molecule has 202 valence electrons. The Morgan fingerprint density at radius 2 is 1.59 bits per heavy atom. The van der Waals surface area contributed by atoms with Crippen molar-refractivity contribution in [2.45, 2.75) is 19.6 Å². The van der Waals surface area contributed by atoms with E-state index in [1.807, 2.05) is 45.3 Å². The fourth-order valence-corrected chi connectivity index (χ4v) is 4.50. The number of hydrogen-bond acceptors (Lipinski definition) is 6. The number of esters is 1. The summed E-state index contributed by atoms with van der Waals surface area (Å²) in [7, 11) is 5.18. The van der Waals surface area contributed by atoms with Crippen molar-refractivity contribution in [3.8, 4) is 5.75 Å². The molecule has 1 atom stereocenters. The highest BCUT2D eigenvalue weighted by Gasteiger charge is 2.44. The number of aryl methyl sites for hydroxylation is 1. The number of carbonyl (C=O) groups excluding carboxylic acids is 3. The van der Waals surface area contributed by atoms with Gasteiger partial charge in [-0.1, -0.05) is 54.3 Å². The van der Waals surface area contributed by atoms with Crippen LogP contribution in [0.25, 0.3) is 5.76 Å². The van der Waals surface area contributed by atoms with Crippen LogP contribution in [0.1, 0.15) is 38.7 Å². The third-order valence-corrected chi connectivity index (χ3v) is 6.80. The molecule has 0 aromatic heterocycles. The van der Waals surface area contributed by atoms with Crippen molar-refractivity contribution in [3.05, 3.63) is 106 Å². The molecule has 0 bridgehead atoms. The SMILES string of the molecule is COC(=O)c1ccc(C2C(=C([O-])c3ccc(OCc4ccccc4C)cc3)C(=O)C(=O)N2CC[NH+](C)C)cc1. The van der Waals surface area contributed by atoms with Crippen LogP contribution < -0.4 is 14.7 Å². The van der Waals surface area contributed by atoms with Gasteiger partial charge in [0, 0.05) is 5.57 Å². The van der Waals surface area contributed by atoms with Crippen LogP contribution in [0.2, 0.25) is 0 Å². The number of nitrogens with zero attached hydrogens (tertiary/aromatic N) is 1. The van der Waals surface area contributed by atoms with E-state index in [1.165, 1.54) is 12.0 Å². The van der Waals surface area contributed by atoms with Gasteiger partial charge in [0.1, 0.15) is 12.4 Å². The maximum absolute atomic E-state index is 13.7. The topological polar surface area (TPSA) is 100 Å². The molecule has 3 aromatic rings. The normalized spacial score (nSPS) is 16.5. The van der Waals surface area contributed by atoms with Crippen molar-refractivity contribution in [2.75, 3.05) is 34.3 Å². The van der Waals surface area contributed by atoms with Gasteiger partial charge in [0.25, 0.3) is 5.91 Å². The quantitative estimate of drug-likeness (QED) is 0.197. The molecule has 1 amide bonds. The molecule has 8 heteroatoms. The number of likely N-dealkylation sites (N-methyl/N-ethyl adjacent to an activating group) is 1. The molecule has 1 unspecified atom stereocenters. The largest absolute Gasteiger partial charge is 0.872 e. The Bertz CT molecular complexity index is 1390. The summed E-state index contributed by atoms with van der Waals surface area (Å²) in [4.78, 5) is 40.7. The van der Waals surface area contributed by atoms with Crippen LogP contribution in [0, 0.1) is 6.92 Å². The summed E-state index contributed by atoms with van der Waals surface area (Å²) in [5, 5.41) is 13.7. The minimum absolute atomic E-state index is 0.104. The fraction of sp³-hybridized carbons (Fsp3) is 0.258. The summed E-state index contributed by atoms with van der Waals surface area (Å²) < 4.78 is 10.7. The van der Waals surface area contributed by atoms with Gasteiger partial charge in [0.2, 0.25) is 5.78 Å². The van der Waals surface area contributed by atoms with Gasteiger partial charge in [-0.3, -0.25) is 9.59 Å². The number of carbonyl (C=O) groups is 3. The Morgan fingerprint density at radius 3 is 2.21 bits per heavy atom. The summed E-state index contributed by atoms with van der Waals surface area (Å²) in [5.74, 6) is -1.95. The first-order chi connectivity index (χ1) is 18.7. The Labute approximate surface area is 228 Å². The predicted molar refractivity (Wildman–Crippen MR) is 144 cm³/mol. The zero-order valence-corrected chi connectivity index (χ0v) is 22.5. The highest BCUT2D eigenvalue weighted by molar-refractivity contribution is 6.46. The van der Waals surface area contributed by atoms with E-state index in [4.69, 9.17) is 9.47 Å². The molecule has 0 saturated carbocycles. The summed E-state index contributed by atoms with van der Waals surface area (Å²) in [6, 6.07) is 20.0.